The van der Waals surface area contributed by atoms with Gasteiger partial charge in [0.15, 0.2) is 5.13 Å². The fraction of sp³-hybridized carbons (Fsp3) is 0.533. The van der Waals surface area contributed by atoms with E-state index in [2.05, 4.69) is 35.1 Å². The molecule has 1 aliphatic rings. The third kappa shape index (κ3) is 2.90. The molecule has 3 rings (SSSR count). The maximum absolute atomic E-state index is 5.76. The Balaban J connectivity index is 1.72. The first-order chi connectivity index (χ1) is 9.22. The van der Waals surface area contributed by atoms with Gasteiger partial charge in [0, 0.05) is 12.6 Å². The van der Waals surface area contributed by atoms with E-state index in [1.54, 1.807) is 11.3 Å². The Morgan fingerprint density at radius 2 is 2.11 bits per heavy atom. The van der Waals surface area contributed by atoms with Gasteiger partial charge in [-0.2, -0.15) is 0 Å². The quantitative estimate of drug-likeness (QED) is 0.930. The molecule has 0 amide bonds. The van der Waals surface area contributed by atoms with E-state index in [1.807, 2.05) is 0 Å². The molecule has 19 heavy (non-hydrogen) atoms. The van der Waals surface area contributed by atoms with Crippen LogP contribution in [0.4, 0.5) is 5.13 Å². The Kier molecular flexibility index (Phi) is 3.71. The molecule has 0 radical (unpaired) electrons. The van der Waals surface area contributed by atoms with Gasteiger partial charge in [-0.25, -0.2) is 4.98 Å². The van der Waals surface area contributed by atoms with E-state index < -0.39 is 0 Å². The van der Waals surface area contributed by atoms with Crippen molar-refractivity contribution in [2.75, 3.05) is 12.8 Å². The Hall–Kier alpha value is -1.13. The topological polar surface area (TPSA) is 42.2 Å². The average Bonchev–Trinajstić information content (AvgIpc) is 2.79. The molecule has 1 fully saturated rings. The fourth-order valence-corrected chi connectivity index (χ4v) is 3.82. The third-order valence-corrected chi connectivity index (χ3v) is 4.95. The predicted octanol–water partition coefficient (Wildman–Crippen LogP) is 3.64. The molecule has 3 nitrogen and oxygen atoms in total. The number of hydrogen-bond acceptors (Lipinski definition) is 4. The molecule has 1 saturated carbocycles. The molecule has 2 aromatic rings. The van der Waals surface area contributed by atoms with Crippen LogP contribution in [0.3, 0.4) is 0 Å². The van der Waals surface area contributed by atoms with Crippen LogP contribution in [0.5, 0.6) is 0 Å². The van der Waals surface area contributed by atoms with Crippen molar-refractivity contribution in [2.45, 2.75) is 44.7 Å². The highest BCUT2D eigenvalue weighted by Gasteiger charge is 2.18. The fourth-order valence-electron chi connectivity index (χ4n) is 3.02. The zero-order valence-electron chi connectivity index (χ0n) is 11.4. The van der Waals surface area contributed by atoms with Gasteiger partial charge in [-0.15, -0.1) is 0 Å². The lowest BCUT2D eigenvalue weighted by molar-refractivity contribution is 0.184. The molecule has 1 heterocycles. The Labute approximate surface area is 118 Å². The van der Waals surface area contributed by atoms with Crippen LogP contribution in [-0.2, 0) is 6.54 Å². The third-order valence-electron chi connectivity index (χ3n) is 4.10. The van der Waals surface area contributed by atoms with Gasteiger partial charge in [-0.05, 0) is 37.6 Å². The SMILES string of the molecule is CN(Cc1ccc2nc(N)sc2c1)C1CCCCC1. The van der Waals surface area contributed by atoms with E-state index in [0.717, 1.165) is 18.1 Å². The number of nitrogens with zero attached hydrogens (tertiary/aromatic N) is 2. The first-order valence-corrected chi connectivity index (χ1v) is 7.89. The van der Waals surface area contributed by atoms with E-state index in [9.17, 15) is 0 Å². The van der Waals surface area contributed by atoms with Crippen molar-refractivity contribution in [3.8, 4) is 0 Å². The summed E-state index contributed by atoms with van der Waals surface area (Å²) in [4.78, 5) is 6.81. The summed E-state index contributed by atoms with van der Waals surface area (Å²) >= 11 is 1.58. The van der Waals surface area contributed by atoms with Crippen molar-refractivity contribution in [1.29, 1.82) is 0 Å². The van der Waals surface area contributed by atoms with Crippen LogP contribution in [0.25, 0.3) is 10.2 Å². The summed E-state index contributed by atoms with van der Waals surface area (Å²) in [7, 11) is 2.25. The number of aromatic nitrogens is 1. The molecule has 0 aliphatic heterocycles. The number of fused-ring (bicyclic) bond motifs is 1. The molecule has 0 atom stereocenters. The van der Waals surface area contributed by atoms with E-state index in [4.69, 9.17) is 5.73 Å². The van der Waals surface area contributed by atoms with Crippen molar-refractivity contribution >= 4 is 26.7 Å². The number of nitrogens with two attached hydrogens (primary N) is 1. The minimum absolute atomic E-state index is 0.660. The smallest absolute Gasteiger partial charge is 0.181 e. The second-order valence-electron chi connectivity index (χ2n) is 5.56. The Morgan fingerprint density at radius 3 is 2.89 bits per heavy atom. The monoisotopic (exact) mass is 275 g/mol. The molecule has 0 unspecified atom stereocenters. The summed E-state index contributed by atoms with van der Waals surface area (Å²) in [6, 6.07) is 7.27. The van der Waals surface area contributed by atoms with Gasteiger partial charge < -0.3 is 5.73 Å². The highest BCUT2D eigenvalue weighted by molar-refractivity contribution is 7.22. The minimum Gasteiger partial charge on any atom is -0.375 e. The Morgan fingerprint density at radius 1 is 1.32 bits per heavy atom. The average molecular weight is 275 g/mol. The normalized spacial score (nSPS) is 17.4. The standard InChI is InChI=1S/C15H21N3S/c1-18(12-5-3-2-4-6-12)10-11-7-8-13-14(9-11)19-15(16)17-13/h7-9,12H,2-6,10H2,1H3,(H2,16,17). The molecule has 1 aliphatic carbocycles. The summed E-state index contributed by atoms with van der Waals surface area (Å²) in [6.45, 7) is 1.03. The maximum Gasteiger partial charge on any atom is 0.181 e. The van der Waals surface area contributed by atoms with E-state index in [1.165, 1.54) is 42.4 Å². The molecule has 0 spiro atoms. The summed E-state index contributed by atoms with van der Waals surface area (Å²) in [5.41, 5.74) is 8.14. The highest BCUT2D eigenvalue weighted by atomic mass is 32.1. The molecular formula is C15H21N3S. The molecule has 0 saturated heterocycles. The number of benzene rings is 1. The Bertz CT molecular complexity index is 558. The van der Waals surface area contributed by atoms with Gasteiger partial charge >= 0.3 is 0 Å². The van der Waals surface area contributed by atoms with Gasteiger partial charge in [0.05, 0.1) is 10.2 Å². The van der Waals surface area contributed by atoms with Crippen molar-refractivity contribution in [3.63, 3.8) is 0 Å². The second-order valence-corrected chi connectivity index (χ2v) is 6.62. The van der Waals surface area contributed by atoms with Gasteiger partial charge in [0.2, 0.25) is 0 Å². The van der Waals surface area contributed by atoms with Crippen LogP contribution in [0, 0.1) is 0 Å². The first kappa shape index (κ1) is 12.9. The highest BCUT2D eigenvalue weighted by Crippen LogP contribution is 2.26. The van der Waals surface area contributed by atoms with Crippen molar-refractivity contribution in [2.24, 2.45) is 0 Å². The van der Waals surface area contributed by atoms with Crippen LogP contribution in [0.15, 0.2) is 18.2 Å². The van der Waals surface area contributed by atoms with Crippen LogP contribution in [0.2, 0.25) is 0 Å². The molecule has 2 N–H and O–H groups in total. The van der Waals surface area contributed by atoms with Crippen LogP contribution in [0.1, 0.15) is 37.7 Å². The van der Waals surface area contributed by atoms with Crippen LogP contribution < -0.4 is 5.73 Å². The second kappa shape index (κ2) is 5.47. The number of nitrogen functional groups attached to an aromatic ring is 1. The molecule has 102 valence electrons. The molecule has 1 aromatic heterocycles. The minimum atomic E-state index is 0.660. The lowest BCUT2D eigenvalue weighted by atomic mass is 9.94. The van der Waals surface area contributed by atoms with Gasteiger partial charge in [-0.1, -0.05) is 36.7 Å². The summed E-state index contributed by atoms with van der Waals surface area (Å²) in [5.74, 6) is 0. The van der Waals surface area contributed by atoms with E-state index in [-0.39, 0.29) is 0 Å². The number of rotatable bonds is 3. The number of thiazole rings is 1. The van der Waals surface area contributed by atoms with Crippen molar-refractivity contribution < 1.29 is 0 Å². The summed E-state index contributed by atoms with van der Waals surface area (Å²) in [6.07, 6.45) is 6.90. The predicted molar refractivity (Wildman–Crippen MR) is 82.4 cm³/mol. The van der Waals surface area contributed by atoms with Crippen molar-refractivity contribution in [1.82, 2.24) is 9.88 Å². The van der Waals surface area contributed by atoms with E-state index in [0.29, 0.717) is 5.13 Å². The number of hydrogen-bond donors (Lipinski definition) is 1. The lowest BCUT2D eigenvalue weighted by Crippen LogP contribution is -2.32. The molecule has 0 bridgehead atoms. The van der Waals surface area contributed by atoms with Gasteiger partial charge in [0.25, 0.3) is 0 Å². The first-order valence-electron chi connectivity index (χ1n) is 7.07. The zero-order chi connectivity index (χ0) is 13.2. The summed E-state index contributed by atoms with van der Waals surface area (Å²) < 4.78 is 1.20. The molecular weight excluding hydrogens is 254 g/mol. The van der Waals surface area contributed by atoms with Crippen molar-refractivity contribution in [3.05, 3.63) is 23.8 Å². The van der Waals surface area contributed by atoms with Crippen LogP contribution >= 0.6 is 11.3 Å². The summed E-state index contributed by atoms with van der Waals surface area (Å²) in [5, 5.41) is 0.660. The molecule has 1 aromatic carbocycles. The zero-order valence-corrected chi connectivity index (χ0v) is 12.2. The van der Waals surface area contributed by atoms with Crippen LogP contribution in [-0.4, -0.2) is 23.0 Å². The molecule has 4 heteroatoms. The van der Waals surface area contributed by atoms with Gasteiger partial charge in [0.1, 0.15) is 0 Å². The van der Waals surface area contributed by atoms with Gasteiger partial charge in [-0.3, -0.25) is 4.90 Å². The van der Waals surface area contributed by atoms with E-state index >= 15 is 0 Å². The maximum atomic E-state index is 5.76. The largest absolute Gasteiger partial charge is 0.375 e. The number of anilines is 1. The lowest BCUT2D eigenvalue weighted by Gasteiger charge is -2.31.